The molecular formula is C15H26N2O2. The zero-order chi connectivity index (χ0) is 13.7. The Labute approximate surface area is 116 Å². The summed E-state index contributed by atoms with van der Waals surface area (Å²) in [6.45, 7) is 11.1. The Bertz CT molecular complexity index is 376. The summed E-state index contributed by atoms with van der Waals surface area (Å²) in [6, 6.07) is 4.65. The Hall–Kier alpha value is -0.840. The van der Waals surface area contributed by atoms with Crippen LogP contribution >= 0.6 is 0 Å². The number of nitrogens with one attached hydrogen (secondary N) is 1. The molecule has 4 heteroatoms. The lowest BCUT2D eigenvalue weighted by atomic mass is 10.3. The monoisotopic (exact) mass is 266 g/mol. The Morgan fingerprint density at radius 2 is 2.16 bits per heavy atom. The SMILES string of the molecule is CC(C)NCc1ccc(CN2CCCOC(C)C2)o1. The molecule has 0 aliphatic carbocycles. The quantitative estimate of drug-likeness (QED) is 0.888. The summed E-state index contributed by atoms with van der Waals surface area (Å²) in [5.41, 5.74) is 0. The summed E-state index contributed by atoms with van der Waals surface area (Å²) >= 11 is 0. The second-order valence-corrected chi connectivity index (χ2v) is 5.67. The molecule has 0 radical (unpaired) electrons. The van der Waals surface area contributed by atoms with Crippen LogP contribution in [0.15, 0.2) is 16.5 Å². The first-order valence-corrected chi connectivity index (χ1v) is 7.28. The smallest absolute Gasteiger partial charge is 0.118 e. The van der Waals surface area contributed by atoms with E-state index in [-0.39, 0.29) is 0 Å². The van der Waals surface area contributed by atoms with E-state index in [9.17, 15) is 0 Å². The Kier molecular flexibility index (Phi) is 5.43. The third-order valence-corrected chi connectivity index (χ3v) is 3.32. The predicted molar refractivity (Wildman–Crippen MR) is 76.0 cm³/mol. The minimum Gasteiger partial charge on any atom is -0.463 e. The standard InChI is InChI=1S/C15H26N2O2/c1-12(2)16-9-14-5-6-15(19-14)11-17-7-4-8-18-13(3)10-17/h5-6,12-13,16H,4,7-11H2,1-3H3. The highest BCUT2D eigenvalue weighted by atomic mass is 16.5. The lowest BCUT2D eigenvalue weighted by Gasteiger charge is -2.20. The van der Waals surface area contributed by atoms with E-state index in [2.05, 4.69) is 43.1 Å². The fourth-order valence-electron chi connectivity index (χ4n) is 2.35. The van der Waals surface area contributed by atoms with Gasteiger partial charge in [-0.3, -0.25) is 4.90 Å². The van der Waals surface area contributed by atoms with Crippen LogP contribution in [0.4, 0.5) is 0 Å². The molecule has 0 bridgehead atoms. The molecule has 2 rings (SSSR count). The van der Waals surface area contributed by atoms with Crippen LogP contribution in [0, 0.1) is 0 Å². The molecule has 19 heavy (non-hydrogen) atoms. The number of hydrogen-bond acceptors (Lipinski definition) is 4. The number of hydrogen-bond donors (Lipinski definition) is 1. The molecule has 0 saturated carbocycles. The van der Waals surface area contributed by atoms with Crippen molar-refractivity contribution >= 4 is 0 Å². The molecule has 1 saturated heterocycles. The molecule has 1 atom stereocenters. The van der Waals surface area contributed by atoms with Gasteiger partial charge in [0.1, 0.15) is 11.5 Å². The number of furan rings is 1. The van der Waals surface area contributed by atoms with Gasteiger partial charge in [0.25, 0.3) is 0 Å². The highest BCUT2D eigenvalue weighted by molar-refractivity contribution is 5.07. The van der Waals surface area contributed by atoms with Crippen molar-refractivity contribution in [3.05, 3.63) is 23.7 Å². The summed E-state index contributed by atoms with van der Waals surface area (Å²) in [5, 5.41) is 3.37. The third-order valence-electron chi connectivity index (χ3n) is 3.32. The van der Waals surface area contributed by atoms with E-state index in [1.807, 2.05) is 0 Å². The first kappa shape index (κ1) is 14.6. The summed E-state index contributed by atoms with van der Waals surface area (Å²) in [7, 11) is 0. The maximum Gasteiger partial charge on any atom is 0.118 e. The summed E-state index contributed by atoms with van der Waals surface area (Å²) < 4.78 is 11.5. The van der Waals surface area contributed by atoms with Crippen molar-refractivity contribution in [1.82, 2.24) is 10.2 Å². The van der Waals surface area contributed by atoms with E-state index in [0.29, 0.717) is 12.1 Å². The molecule has 1 fully saturated rings. The predicted octanol–water partition coefficient (Wildman–Crippen LogP) is 2.39. The molecule has 4 nitrogen and oxygen atoms in total. The van der Waals surface area contributed by atoms with Gasteiger partial charge in [-0.25, -0.2) is 0 Å². The molecule has 1 aromatic heterocycles. The second-order valence-electron chi connectivity index (χ2n) is 5.67. The fraction of sp³-hybridized carbons (Fsp3) is 0.733. The van der Waals surface area contributed by atoms with Crippen LogP contribution in [-0.4, -0.2) is 36.7 Å². The number of nitrogens with zero attached hydrogens (tertiary/aromatic N) is 1. The van der Waals surface area contributed by atoms with Crippen LogP contribution in [0.5, 0.6) is 0 Å². The number of rotatable bonds is 5. The maximum atomic E-state index is 5.87. The van der Waals surface area contributed by atoms with E-state index in [1.165, 1.54) is 0 Å². The van der Waals surface area contributed by atoms with Gasteiger partial charge in [0.05, 0.1) is 19.2 Å². The van der Waals surface area contributed by atoms with E-state index < -0.39 is 0 Å². The van der Waals surface area contributed by atoms with Gasteiger partial charge in [0, 0.05) is 25.7 Å². The van der Waals surface area contributed by atoms with Gasteiger partial charge < -0.3 is 14.5 Å². The van der Waals surface area contributed by atoms with Gasteiger partial charge in [-0.2, -0.15) is 0 Å². The van der Waals surface area contributed by atoms with E-state index in [4.69, 9.17) is 9.15 Å². The largest absolute Gasteiger partial charge is 0.463 e. The normalized spacial score (nSPS) is 21.8. The Morgan fingerprint density at radius 1 is 1.37 bits per heavy atom. The van der Waals surface area contributed by atoms with Crippen molar-refractivity contribution in [3.63, 3.8) is 0 Å². The van der Waals surface area contributed by atoms with Crippen LogP contribution in [0.2, 0.25) is 0 Å². The van der Waals surface area contributed by atoms with Gasteiger partial charge in [-0.15, -0.1) is 0 Å². The number of ether oxygens (including phenoxy) is 1. The average molecular weight is 266 g/mol. The zero-order valence-corrected chi connectivity index (χ0v) is 12.3. The minimum absolute atomic E-state index is 0.319. The maximum absolute atomic E-state index is 5.87. The van der Waals surface area contributed by atoms with E-state index in [0.717, 1.165) is 50.7 Å². The third kappa shape index (κ3) is 4.97. The van der Waals surface area contributed by atoms with E-state index >= 15 is 0 Å². The lowest BCUT2D eigenvalue weighted by molar-refractivity contribution is 0.0658. The molecule has 1 aliphatic heterocycles. The molecule has 0 aromatic carbocycles. The van der Waals surface area contributed by atoms with Gasteiger partial charge in [-0.05, 0) is 25.5 Å². The van der Waals surface area contributed by atoms with Crippen LogP contribution in [-0.2, 0) is 17.8 Å². The van der Waals surface area contributed by atoms with Gasteiger partial charge in [-0.1, -0.05) is 13.8 Å². The fourth-order valence-corrected chi connectivity index (χ4v) is 2.35. The molecular weight excluding hydrogens is 240 g/mol. The second kappa shape index (κ2) is 7.08. The van der Waals surface area contributed by atoms with Crippen molar-refractivity contribution in [3.8, 4) is 0 Å². The molecule has 1 aliphatic rings. The summed E-state index contributed by atoms with van der Waals surface area (Å²) in [5.74, 6) is 2.07. The molecule has 1 unspecified atom stereocenters. The summed E-state index contributed by atoms with van der Waals surface area (Å²) in [6.07, 6.45) is 1.42. The average Bonchev–Trinajstić information content (AvgIpc) is 2.69. The van der Waals surface area contributed by atoms with Gasteiger partial charge in [0.2, 0.25) is 0 Å². The first-order chi connectivity index (χ1) is 9.13. The summed E-state index contributed by atoms with van der Waals surface area (Å²) in [4.78, 5) is 2.41. The molecule has 1 aromatic rings. The minimum atomic E-state index is 0.319. The highest BCUT2D eigenvalue weighted by Crippen LogP contribution is 2.13. The first-order valence-electron chi connectivity index (χ1n) is 7.28. The van der Waals surface area contributed by atoms with Crippen LogP contribution < -0.4 is 5.32 Å². The van der Waals surface area contributed by atoms with Crippen molar-refractivity contribution in [2.24, 2.45) is 0 Å². The van der Waals surface area contributed by atoms with Crippen molar-refractivity contribution < 1.29 is 9.15 Å². The van der Waals surface area contributed by atoms with Gasteiger partial charge >= 0.3 is 0 Å². The molecule has 0 amide bonds. The zero-order valence-electron chi connectivity index (χ0n) is 12.3. The topological polar surface area (TPSA) is 37.6 Å². The van der Waals surface area contributed by atoms with Crippen LogP contribution in [0.25, 0.3) is 0 Å². The van der Waals surface area contributed by atoms with Crippen LogP contribution in [0.3, 0.4) is 0 Å². The van der Waals surface area contributed by atoms with Crippen molar-refractivity contribution in [2.45, 2.75) is 52.4 Å². The Morgan fingerprint density at radius 3 is 2.95 bits per heavy atom. The highest BCUT2D eigenvalue weighted by Gasteiger charge is 2.16. The van der Waals surface area contributed by atoms with Crippen LogP contribution in [0.1, 0.15) is 38.7 Å². The van der Waals surface area contributed by atoms with Crippen molar-refractivity contribution in [1.29, 1.82) is 0 Å². The lowest BCUT2D eigenvalue weighted by Crippen LogP contribution is -2.29. The van der Waals surface area contributed by atoms with E-state index in [1.54, 1.807) is 0 Å². The molecule has 1 N–H and O–H groups in total. The Balaban J connectivity index is 1.84. The molecule has 0 spiro atoms. The van der Waals surface area contributed by atoms with Crippen molar-refractivity contribution in [2.75, 3.05) is 19.7 Å². The molecule has 2 heterocycles. The molecule has 108 valence electrons. The van der Waals surface area contributed by atoms with Gasteiger partial charge in [0.15, 0.2) is 0 Å².